The maximum atomic E-state index is 11.8. The molecule has 0 spiro atoms. The Balaban J connectivity index is 0.000000705. The molecule has 25 heavy (non-hydrogen) atoms. The maximum absolute atomic E-state index is 11.8. The lowest BCUT2D eigenvalue weighted by atomic mass is 10.2. The number of hydrogen-bond donors (Lipinski definition) is 4. The second kappa shape index (κ2) is 9.19. The van der Waals surface area contributed by atoms with Gasteiger partial charge in [-0.15, -0.1) is 0 Å². The van der Waals surface area contributed by atoms with E-state index in [1.165, 1.54) is 24.3 Å². The lowest BCUT2D eigenvalue weighted by Crippen LogP contribution is -2.36. The Labute approximate surface area is 140 Å². The topological polar surface area (TPSA) is 171 Å². The van der Waals surface area contributed by atoms with E-state index < -0.39 is 10.0 Å². The minimum absolute atomic E-state index is 0.0409. The molecule has 2 aromatic rings. The van der Waals surface area contributed by atoms with Crippen molar-refractivity contribution in [2.24, 2.45) is 10.7 Å². The van der Waals surface area contributed by atoms with E-state index in [4.69, 9.17) is 21.1 Å². The molecule has 0 heterocycles. The number of benzene rings is 2. The number of non-ortho nitro benzene ring substituents is 1. The molecule has 130 valence electrons. The fourth-order valence-electron chi connectivity index (χ4n) is 1.59. The summed E-state index contributed by atoms with van der Waals surface area (Å²) in [6.07, 6.45) is 0. The Morgan fingerprint density at radius 2 is 1.56 bits per heavy atom. The standard InChI is InChI=1S/C14H12N4O3.H2NO3/c15-14(17-13(19)10-4-2-1-3-5-10)16-11-6-8-12(9-7-11)18(20)21;2-1(3)4/h1-9H,(H3,15,16,17,19);(H2,2,3,4)/q;+1. The summed E-state index contributed by atoms with van der Waals surface area (Å²) in [4.78, 5) is 34.3. The minimum atomic E-state index is -1.25. The van der Waals surface area contributed by atoms with Crippen LogP contribution >= 0.6 is 0 Å². The molecule has 0 unspecified atom stereocenters. The first-order chi connectivity index (χ1) is 11.8. The first-order valence-electron chi connectivity index (χ1n) is 6.59. The Morgan fingerprint density at radius 1 is 1.04 bits per heavy atom. The van der Waals surface area contributed by atoms with Crippen molar-refractivity contribution in [2.75, 3.05) is 0 Å². The van der Waals surface area contributed by atoms with Crippen LogP contribution in [0, 0.1) is 15.0 Å². The number of hydrogen-bond acceptors (Lipinski definition) is 5. The summed E-state index contributed by atoms with van der Waals surface area (Å²) < 4.78 is 0. The van der Waals surface area contributed by atoms with Gasteiger partial charge in [0.2, 0.25) is 5.96 Å². The number of nitrogens with zero attached hydrogens (tertiary/aromatic N) is 3. The number of rotatable bonds is 3. The normalized spacial score (nSPS) is 10.2. The largest absolute Gasteiger partial charge is 0.472 e. The van der Waals surface area contributed by atoms with Gasteiger partial charge in [-0.1, -0.05) is 18.2 Å². The van der Waals surface area contributed by atoms with E-state index in [-0.39, 0.29) is 17.6 Å². The van der Waals surface area contributed by atoms with E-state index in [0.717, 1.165) is 0 Å². The molecule has 0 saturated carbocycles. The molecule has 1 amide bonds. The van der Waals surface area contributed by atoms with Crippen LogP contribution in [0.3, 0.4) is 0 Å². The first kappa shape index (κ1) is 19.0. The molecule has 0 atom stereocenters. The van der Waals surface area contributed by atoms with Gasteiger partial charge in [0.15, 0.2) is 0 Å². The molecule has 0 saturated heterocycles. The summed E-state index contributed by atoms with van der Waals surface area (Å²) in [7, 11) is 0. The molecule has 0 bridgehead atoms. The summed E-state index contributed by atoms with van der Waals surface area (Å²) in [5.74, 6) is -0.462. The zero-order valence-corrected chi connectivity index (χ0v) is 12.6. The molecular weight excluding hydrogens is 334 g/mol. The number of nitrogens with two attached hydrogens (primary N) is 1. The molecule has 0 aromatic heterocycles. The molecule has 11 nitrogen and oxygen atoms in total. The summed E-state index contributed by atoms with van der Waals surface area (Å²) in [5.41, 5.74) is 6.45. The number of nitro groups is 1. The van der Waals surface area contributed by atoms with E-state index in [2.05, 4.69) is 10.3 Å². The van der Waals surface area contributed by atoms with E-state index >= 15 is 0 Å². The monoisotopic (exact) mass is 348 g/mol. The van der Waals surface area contributed by atoms with Crippen LogP contribution in [0.25, 0.3) is 0 Å². The second-order valence-corrected chi connectivity index (χ2v) is 4.34. The van der Waals surface area contributed by atoms with Crippen LogP contribution in [-0.4, -0.2) is 32.3 Å². The highest BCUT2D eigenvalue weighted by molar-refractivity contribution is 6.05. The highest BCUT2D eigenvalue weighted by Crippen LogP contribution is 2.17. The van der Waals surface area contributed by atoms with E-state index in [0.29, 0.717) is 11.3 Å². The first-order valence-corrected chi connectivity index (χ1v) is 6.59. The van der Waals surface area contributed by atoms with Crippen molar-refractivity contribution in [1.82, 2.24) is 5.32 Å². The van der Waals surface area contributed by atoms with Gasteiger partial charge in [0.1, 0.15) is 4.91 Å². The predicted molar refractivity (Wildman–Crippen MR) is 85.5 cm³/mol. The van der Waals surface area contributed by atoms with E-state index in [9.17, 15) is 14.9 Å². The molecule has 0 aliphatic heterocycles. The van der Waals surface area contributed by atoms with Gasteiger partial charge in [0.05, 0.1) is 10.6 Å². The number of amides is 1. The zero-order valence-electron chi connectivity index (χ0n) is 12.6. The molecule has 0 aliphatic rings. The second-order valence-electron chi connectivity index (χ2n) is 4.34. The van der Waals surface area contributed by atoms with Gasteiger partial charge < -0.3 is 5.73 Å². The van der Waals surface area contributed by atoms with Crippen molar-refractivity contribution in [3.8, 4) is 0 Å². The predicted octanol–water partition coefficient (Wildman–Crippen LogP) is 1.51. The lowest BCUT2D eigenvalue weighted by molar-refractivity contribution is -0.969. The van der Waals surface area contributed by atoms with Crippen LogP contribution in [0.15, 0.2) is 59.6 Å². The van der Waals surface area contributed by atoms with Crippen LogP contribution in [0.4, 0.5) is 11.4 Å². The molecule has 0 radical (unpaired) electrons. The number of aliphatic imine (C=N–C) groups is 1. The third-order valence-corrected chi connectivity index (χ3v) is 2.59. The third kappa shape index (κ3) is 7.19. The summed E-state index contributed by atoms with van der Waals surface area (Å²) in [6.45, 7) is 0. The fourth-order valence-corrected chi connectivity index (χ4v) is 1.59. The lowest BCUT2D eigenvalue weighted by Gasteiger charge is -2.04. The Hall–Kier alpha value is -4.02. The SMILES string of the molecule is NC(=Nc1ccc([N+](=O)[O-])cc1)NC(=O)c1ccccc1.O=[N+](O)O. The molecule has 2 rings (SSSR count). The smallest absolute Gasteiger partial charge is 0.369 e. The van der Waals surface area contributed by atoms with Gasteiger partial charge in [-0.25, -0.2) is 15.4 Å². The van der Waals surface area contributed by atoms with Gasteiger partial charge >= 0.3 is 5.09 Å². The summed E-state index contributed by atoms with van der Waals surface area (Å²) in [6, 6.07) is 14.1. The van der Waals surface area contributed by atoms with Crippen LogP contribution in [0.5, 0.6) is 0 Å². The molecular formula is C14H14N5O6+. The van der Waals surface area contributed by atoms with Crippen LogP contribution in [0.1, 0.15) is 10.4 Å². The Kier molecular flexibility index (Phi) is 7.00. The van der Waals surface area contributed by atoms with Crippen molar-refractivity contribution >= 4 is 23.2 Å². The number of carbonyl (C=O) groups is 1. The Morgan fingerprint density at radius 3 is 2.04 bits per heavy atom. The number of guanidine groups is 1. The van der Waals surface area contributed by atoms with Gasteiger partial charge in [-0.3, -0.25) is 20.2 Å². The van der Waals surface area contributed by atoms with E-state index in [1.54, 1.807) is 30.3 Å². The number of nitro benzene ring substituents is 1. The molecule has 0 fully saturated rings. The highest BCUT2D eigenvalue weighted by Gasteiger charge is 2.07. The number of nitrogens with one attached hydrogen (secondary N) is 1. The molecule has 5 N–H and O–H groups in total. The van der Waals surface area contributed by atoms with E-state index in [1.807, 2.05) is 0 Å². The number of carbonyl (C=O) groups excluding carboxylic acids is 1. The highest BCUT2D eigenvalue weighted by atomic mass is 16.9. The third-order valence-electron chi connectivity index (χ3n) is 2.59. The van der Waals surface area contributed by atoms with Crippen molar-refractivity contribution in [1.29, 1.82) is 0 Å². The van der Waals surface area contributed by atoms with Crippen molar-refractivity contribution in [2.45, 2.75) is 0 Å². The maximum Gasteiger partial charge on any atom is 0.472 e. The quantitative estimate of drug-likeness (QED) is 0.282. The average Bonchev–Trinajstić information content (AvgIpc) is 2.55. The summed E-state index contributed by atoms with van der Waals surface area (Å²) >= 11 is 0. The van der Waals surface area contributed by atoms with Crippen LogP contribution in [-0.2, 0) is 0 Å². The van der Waals surface area contributed by atoms with Gasteiger partial charge in [0.25, 0.3) is 11.6 Å². The van der Waals surface area contributed by atoms with Crippen LogP contribution < -0.4 is 11.1 Å². The zero-order chi connectivity index (χ0) is 18.8. The Bertz CT molecular complexity index is 772. The van der Waals surface area contributed by atoms with Crippen molar-refractivity contribution in [3.05, 3.63) is 75.2 Å². The van der Waals surface area contributed by atoms with Crippen LogP contribution in [0.2, 0.25) is 0 Å². The minimum Gasteiger partial charge on any atom is -0.369 e. The van der Waals surface area contributed by atoms with Gasteiger partial charge in [-0.05, 0) is 24.3 Å². The van der Waals surface area contributed by atoms with Crippen molar-refractivity contribution in [3.63, 3.8) is 0 Å². The molecule has 0 aliphatic carbocycles. The fraction of sp³-hybridized carbons (Fsp3) is 0. The summed E-state index contributed by atoms with van der Waals surface area (Å²) in [5, 5.41) is 25.5. The van der Waals surface area contributed by atoms with Crippen molar-refractivity contribution < 1.29 is 25.2 Å². The molecule has 2 aromatic carbocycles. The van der Waals surface area contributed by atoms with Gasteiger partial charge in [-0.2, -0.15) is 0 Å². The average molecular weight is 348 g/mol. The molecule has 11 heteroatoms. The van der Waals surface area contributed by atoms with Gasteiger partial charge in [0, 0.05) is 17.7 Å².